The SMILES string of the molecule is CSc1nnc(-c2ccncc2)n1NC(=S)Nc1ccccc1. The number of hydrogen-bond donors (Lipinski definition) is 2. The van der Waals surface area contributed by atoms with E-state index in [1.807, 2.05) is 48.7 Å². The van der Waals surface area contributed by atoms with E-state index in [9.17, 15) is 0 Å². The summed E-state index contributed by atoms with van der Waals surface area (Å²) >= 11 is 6.86. The number of thioether (sulfide) groups is 1. The van der Waals surface area contributed by atoms with E-state index in [4.69, 9.17) is 12.2 Å². The number of anilines is 1. The van der Waals surface area contributed by atoms with Crippen molar-refractivity contribution in [3.63, 3.8) is 0 Å². The van der Waals surface area contributed by atoms with Crippen molar-refractivity contribution in [2.45, 2.75) is 5.16 Å². The third-order valence-electron chi connectivity index (χ3n) is 3.00. The summed E-state index contributed by atoms with van der Waals surface area (Å²) in [5.41, 5.74) is 4.94. The summed E-state index contributed by atoms with van der Waals surface area (Å²) in [4.78, 5) is 4.02. The number of aromatic nitrogens is 4. The van der Waals surface area contributed by atoms with Crippen LogP contribution in [0, 0.1) is 0 Å². The minimum absolute atomic E-state index is 0.460. The van der Waals surface area contributed by atoms with Gasteiger partial charge in [0.25, 0.3) is 0 Å². The molecule has 6 nitrogen and oxygen atoms in total. The molecule has 1 aromatic carbocycles. The highest BCUT2D eigenvalue weighted by Gasteiger charge is 2.14. The van der Waals surface area contributed by atoms with Gasteiger partial charge in [-0.05, 0) is 42.7 Å². The predicted molar refractivity (Wildman–Crippen MR) is 97.1 cm³/mol. The van der Waals surface area contributed by atoms with E-state index in [1.165, 1.54) is 11.8 Å². The molecule has 0 spiro atoms. The lowest BCUT2D eigenvalue weighted by molar-refractivity contribution is 0.839. The van der Waals surface area contributed by atoms with Gasteiger partial charge in [-0.25, -0.2) is 4.68 Å². The Balaban J connectivity index is 1.84. The third kappa shape index (κ3) is 3.66. The van der Waals surface area contributed by atoms with E-state index < -0.39 is 0 Å². The zero-order valence-corrected chi connectivity index (χ0v) is 13.9. The van der Waals surface area contributed by atoms with Crippen molar-refractivity contribution in [1.29, 1.82) is 0 Å². The summed E-state index contributed by atoms with van der Waals surface area (Å²) in [6.45, 7) is 0. The molecule has 0 saturated carbocycles. The summed E-state index contributed by atoms with van der Waals surface area (Å²) in [5, 5.41) is 12.7. The zero-order chi connectivity index (χ0) is 16.1. The highest BCUT2D eigenvalue weighted by Crippen LogP contribution is 2.20. The lowest BCUT2D eigenvalue weighted by Gasteiger charge is -2.14. The van der Waals surface area contributed by atoms with Gasteiger partial charge in [0.05, 0.1) is 0 Å². The van der Waals surface area contributed by atoms with Crippen molar-refractivity contribution >= 4 is 34.8 Å². The molecule has 0 bridgehead atoms. The van der Waals surface area contributed by atoms with Gasteiger partial charge < -0.3 is 5.32 Å². The maximum atomic E-state index is 5.38. The molecule has 2 heterocycles. The van der Waals surface area contributed by atoms with Gasteiger partial charge in [0.2, 0.25) is 5.16 Å². The molecule has 0 amide bonds. The molecule has 3 rings (SSSR count). The van der Waals surface area contributed by atoms with Crippen molar-refractivity contribution in [3.8, 4) is 11.4 Å². The summed E-state index contributed by atoms with van der Waals surface area (Å²) in [5.74, 6) is 0.675. The van der Waals surface area contributed by atoms with Crippen LogP contribution in [0.3, 0.4) is 0 Å². The first-order valence-electron chi connectivity index (χ1n) is 6.81. The van der Waals surface area contributed by atoms with Crippen molar-refractivity contribution < 1.29 is 0 Å². The number of para-hydroxylation sites is 1. The van der Waals surface area contributed by atoms with E-state index in [2.05, 4.69) is 25.9 Å². The van der Waals surface area contributed by atoms with Crippen molar-refractivity contribution in [1.82, 2.24) is 19.9 Å². The standard InChI is InChI=1S/C15H14N6S2/c1-23-15-19-18-13(11-7-9-16-10-8-11)21(15)20-14(22)17-12-5-3-2-4-6-12/h2-10H,1H3,(H2,17,20,22). The normalized spacial score (nSPS) is 10.3. The molecule has 0 aliphatic rings. The zero-order valence-electron chi connectivity index (χ0n) is 12.3. The van der Waals surface area contributed by atoms with Crippen LogP contribution in [0.25, 0.3) is 11.4 Å². The second-order valence-electron chi connectivity index (χ2n) is 4.51. The monoisotopic (exact) mass is 342 g/mol. The van der Waals surface area contributed by atoms with Gasteiger partial charge in [-0.3, -0.25) is 10.4 Å². The maximum absolute atomic E-state index is 5.38. The third-order valence-corrected chi connectivity index (χ3v) is 3.82. The van der Waals surface area contributed by atoms with Crippen molar-refractivity contribution in [2.75, 3.05) is 17.0 Å². The van der Waals surface area contributed by atoms with Crippen molar-refractivity contribution in [2.24, 2.45) is 0 Å². The Bertz CT molecular complexity index is 788. The number of benzene rings is 1. The number of nitrogens with one attached hydrogen (secondary N) is 2. The van der Waals surface area contributed by atoms with Crippen LogP contribution in [0.4, 0.5) is 5.69 Å². The van der Waals surface area contributed by atoms with Crippen LogP contribution in [0.1, 0.15) is 0 Å². The van der Waals surface area contributed by atoms with E-state index in [0.717, 1.165) is 11.3 Å². The van der Waals surface area contributed by atoms with Gasteiger partial charge in [0.1, 0.15) is 0 Å². The number of thiocarbonyl (C=S) groups is 1. The van der Waals surface area contributed by atoms with Crippen LogP contribution in [0.15, 0.2) is 60.0 Å². The molecular formula is C15H14N6S2. The molecule has 0 unspecified atom stereocenters. The highest BCUT2D eigenvalue weighted by atomic mass is 32.2. The summed E-state index contributed by atoms with van der Waals surface area (Å²) < 4.78 is 1.76. The van der Waals surface area contributed by atoms with Gasteiger partial charge in [-0.2, -0.15) is 0 Å². The number of pyridine rings is 1. The molecule has 0 aliphatic carbocycles. The summed E-state index contributed by atoms with van der Waals surface area (Å²) in [7, 11) is 0. The van der Waals surface area contributed by atoms with E-state index in [0.29, 0.717) is 16.1 Å². The fourth-order valence-corrected chi connectivity index (χ4v) is 2.62. The lowest BCUT2D eigenvalue weighted by atomic mass is 10.2. The fourth-order valence-electron chi connectivity index (χ4n) is 1.97. The molecule has 0 fully saturated rings. The largest absolute Gasteiger partial charge is 0.331 e. The molecule has 116 valence electrons. The molecule has 2 aromatic heterocycles. The van der Waals surface area contributed by atoms with E-state index >= 15 is 0 Å². The number of rotatable bonds is 4. The molecule has 8 heteroatoms. The van der Waals surface area contributed by atoms with Crippen LogP contribution in [0.2, 0.25) is 0 Å². The second-order valence-corrected chi connectivity index (χ2v) is 5.70. The van der Waals surface area contributed by atoms with Gasteiger partial charge in [0.15, 0.2) is 10.9 Å². The van der Waals surface area contributed by atoms with Crippen LogP contribution in [-0.2, 0) is 0 Å². The smallest absolute Gasteiger partial charge is 0.210 e. The first kappa shape index (κ1) is 15.4. The topological polar surface area (TPSA) is 67.7 Å². The lowest BCUT2D eigenvalue weighted by Crippen LogP contribution is -2.28. The van der Waals surface area contributed by atoms with Crippen LogP contribution in [-0.4, -0.2) is 31.2 Å². The van der Waals surface area contributed by atoms with Gasteiger partial charge in [-0.1, -0.05) is 30.0 Å². The Morgan fingerprint density at radius 1 is 1.09 bits per heavy atom. The number of hydrogen-bond acceptors (Lipinski definition) is 5. The Labute approximate surface area is 143 Å². The minimum atomic E-state index is 0.460. The maximum Gasteiger partial charge on any atom is 0.210 e. The van der Waals surface area contributed by atoms with E-state index in [-0.39, 0.29) is 0 Å². The highest BCUT2D eigenvalue weighted by molar-refractivity contribution is 7.98. The molecule has 3 aromatic rings. The predicted octanol–water partition coefficient (Wildman–Crippen LogP) is 3.00. The van der Waals surface area contributed by atoms with Crippen molar-refractivity contribution in [3.05, 3.63) is 54.9 Å². The molecule has 23 heavy (non-hydrogen) atoms. The van der Waals surface area contributed by atoms with E-state index in [1.54, 1.807) is 17.1 Å². The summed E-state index contributed by atoms with van der Waals surface area (Å²) in [6, 6.07) is 13.5. The van der Waals surface area contributed by atoms with Gasteiger partial charge in [0, 0.05) is 23.6 Å². The Hall–Kier alpha value is -2.45. The molecule has 0 aliphatic heterocycles. The second kappa shape index (κ2) is 7.21. The molecule has 2 N–H and O–H groups in total. The first-order chi connectivity index (χ1) is 11.3. The quantitative estimate of drug-likeness (QED) is 0.558. The van der Waals surface area contributed by atoms with Crippen LogP contribution < -0.4 is 10.7 Å². The molecule has 0 atom stereocenters. The van der Waals surface area contributed by atoms with Crippen LogP contribution in [0.5, 0.6) is 0 Å². The van der Waals surface area contributed by atoms with Gasteiger partial charge >= 0.3 is 0 Å². The minimum Gasteiger partial charge on any atom is -0.331 e. The number of nitrogens with zero attached hydrogens (tertiary/aromatic N) is 4. The Morgan fingerprint density at radius 2 is 1.83 bits per heavy atom. The molecule has 0 radical (unpaired) electrons. The fraction of sp³-hybridized carbons (Fsp3) is 0.0667. The first-order valence-corrected chi connectivity index (χ1v) is 8.44. The molecular weight excluding hydrogens is 328 g/mol. The van der Waals surface area contributed by atoms with Gasteiger partial charge in [-0.15, -0.1) is 10.2 Å². The summed E-state index contributed by atoms with van der Waals surface area (Å²) in [6.07, 6.45) is 5.37. The Kier molecular flexibility index (Phi) is 4.84. The molecule has 0 saturated heterocycles. The van der Waals surface area contributed by atoms with Crippen LogP contribution >= 0.6 is 24.0 Å². The average Bonchev–Trinajstić information content (AvgIpc) is 2.99. The Morgan fingerprint density at radius 3 is 2.52 bits per heavy atom. The average molecular weight is 342 g/mol.